The van der Waals surface area contributed by atoms with Crippen LogP contribution in [-0.2, 0) is 9.59 Å². The first-order valence-corrected chi connectivity index (χ1v) is 8.75. The minimum atomic E-state index is -0.639. The molecule has 0 radical (unpaired) electrons. The second-order valence-corrected chi connectivity index (χ2v) is 7.02. The number of amides is 2. The molecule has 4 rings (SSSR count). The van der Waals surface area contributed by atoms with Gasteiger partial charge in [-0.15, -0.1) is 0 Å². The summed E-state index contributed by atoms with van der Waals surface area (Å²) >= 11 is 0. The smallest absolute Gasteiger partial charge is 0.252 e. The number of hydrogen-bond acceptors (Lipinski definition) is 4. The van der Waals surface area contributed by atoms with Crippen LogP contribution in [0.15, 0.2) is 42.6 Å². The molecule has 1 aromatic heterocycles. The molecule has 1 saturated heterocycles. The predicted molar refractivity (Wildman–Crippen MR) is 100 cm³/mol. The molecule has 0 bridgehead atoms. The highest BCUT2D eigenvalue weighted by Crippen LogP contribution is 2.41. The minimum absolute atomic E-state index is 0.0310. The summed E-state index contributed by atoms with van der Waals surface area (Å²) in [5.41, 5.74) is 2.47. The summed E-state index contributed by atoms with van der Waals surface area (Å²) in [6.45, 7) is 1.38. The third-order valence-electron chi connectivity index (χ3n) is 5.07. The Bertz CT molecular complexity index is 859. The van der Waals surface area contributed by atoms with Crippen LogP contribution in [0.5, 0.6) is 0 Å². The topological polar surface area (TPSA) is 52.0 Å². The first-order chi connectivity index (χ1) is 12.5. The van der Waals surface area contributed by atoms with E-state index in [0.29, 0.717) is 6.54 Å². The van der Waals surface area contributed by atoms with Crippen molar-refractivity contribution in [2.24, 2.45) is 0 Å². The molecule has 2 aromatic rings. The van der Waals surface area contributed by atoms with Gasteiger partial charge in [0.25, 0.3) is 5.91 Å². The van der Waals surface area contributed by atoms with Crippen LogP contribution in [0.25, 0.3) is 0 Å². The molecule has 2 aliphatic rings. The highest BCUT2D eigenvalue weighted by molar-refractivity contribution is 6.08. The molecule has 3 heterocycles. The Morgan fingerprint density at radius 3 is 2.54 bits per heavy atom. The Kier molecular flexibility index (Phi) is 3.96. The Labute approximate surface area is 153 Å². The summed E-state index contributed by atoms with van der Waals surface area (Å²) in [5.74, 6) is -0.0830. The van der Waals surface area contributed by atoms with E-state index in [2.05, 4.69) is 0 Å². The molecule has 1 fully saturated rings. The van der Waals surface area contributed by atoms with Crippen molar-refractivity contribution in [1.82, 2.24) is 14.5 Å². The number of nitrogens with zero attached hydrogens (tertiary/aromatic N) is 5. The molecule has 1 unspecified atom stereocenters. The lowest BCUT2D eigenvalue weighted by Crippen LogP contribution is -2.56. The van der Waals surface area contributed by atoms with Gasteiger partial charge in [0, 0.05) is 26.3 Å². The lowest BCUT2D eigenvalue weighted by Gasteiger charge is -2.39. The fourth-order valence-corrected chi connectivity index (χ4v) is 3.72. The second kappa shape index (κ2) is 6.17. The maximum Gasteiger partial charge on any atom is 0.252 e. The molecule has 0 N–H and O–H groups in total. The number of hydrogen-bond donors (Lipinski definition) is 0. The van der Waals surface area contributed by atoms with Crippen molar-refractivity contribution in [1.29, 1.82) is 0 Å². The van der Waals surface area contributed by atoms with E-state index < -0.39 is 6.04 Å². The number of rotatable bonds is 3. The van der Waals surface area contributed by atoms with Gasteiger partial charge in [0.05, 0.1) is 17.1 Å². The third kappa shape index (κ3) is 2.47. The largest absolute Gasteiger partial charge is 0.330 e. The molecule has 0 aliphatic carbocycles. The SMILES string of the molecule is CN(C)CCN1CC(=O)N2c3ccccc3N(C)n3cccc3C2C1=O. The van der Waals surface area contributed by atoms with E-state index >= 15 is 0 Å². The number of para-hydroxylation sites is 2. The summed E-state index contributed by atoms with van der Waals surface area (Å²) in [5, 5.41) is 1.98. The number of fused-ring (bicyclic) bond motifs is 5. The zero-order chi connectivity index (χ0) is 18.4. The van der Waals surface area contributed by atoms with Gasteiger partial charge in [0.2, 0.25) is 5.91 Å². The van der Waals surface area contributed by atoms with E-state index in [1.165, 1.54) is 0 Å². The summed E-state index contributed by atoms with van der Waals surface area (Å²) in [4.78, 5) is 31.8. The second-order valence-electron chi connectivity index (χ2n) is 7.02. The van der Waals surface area contributed by atoms with Crippen molar-refractivity contribution < 1.29 is 9.59 Å². The Balaban J connectivity index is 1.83. The molecule has 2 amide bonds. The lowest BCUT2D eigenvalue weighted by molar-refractivity contribution is -0.142. The fraction of sp³-hybridized carbons (Fsp3) is 0.368. The van der Waals surface area contributed by atoms with Crippen LogP contribution >= 0.6 is 0 Å². The van der Waals surface area contributed by atoms with E-state index in [1.54, 1.807) is 9.80 Å². The third-order valence-corrected chi connectivity index (χ3v) is 5.07. The quantitative estimate of drug-likeness (QED) is 0.832. The van der Waals surface area contributed by atoms with E-state index in [-0.39, 0.29) is 18.4 Å². The van der Waals surface area contributed by atoms with Crippen LogP contribution < -0.4 is 9.91 Å². The molecule has 136 valence electrons. The summed E-state index contributed by atoms with van der Waals surface area (Å²) in [6.07, 6.45) is 1.92. The van der Waals surface area contributed by atoms with Gasteiger partial charge >= 0.3 is 0 Å². The van der Waals surface area contributed by atoms with Gasteiger partial charge in [0.15, 0.2) is 6.04 Å². The molecule has 7 nitrogen and oxygen atoms in total. The number of benzene rings is 1. The average molecular weight is 353 g/mol. The molecular weight excluding hydrogens is 330 g/mol. The summed E-state index contributed by atoms with van der Waals surface area (Å²) < 4.78 is 1.95. The highest BCUT2D eigenvalue weighted by atomic mass is 16.2. The first kappa shape index (κ1) is 16.7. The normalized spacial score (nSPS) is 19.4. The number of carbonyl (C=O) groups is 2. The van der Waals surface area contributed by atoms with Crippen molar-refractivity contribution in [2.45, 2.75) is 6.04 Å². The van der Waals surface area contributed by atoms with Crippen molar-refractivity contribution in [3.8, 4) is 0 Å². The number of aromatic nitrogens is 1. The van der Waals surface area contributed by atoms with Crippen molar-refractivity contribution in [2.75, 3.05) is 50.7 Å². The molecule has 7 heteroatoms. The summed E-state index contributed by atoms with van der Waals surface area (Å²) in [7, 11) is 5.87. The van der Waals surface area contributed by atoms with Crippen molar-refractivity contribution in [3.05, 3.63) is 48.3 Å². The average Bonchev–Trinajstić information content (AvgIpc) is 3.06. The molecule has 26 heavy (non-hydrogen) atoms. The van der Waals surface area contributed by atoms with Crippen LogP contribution in [0, 0.1) is 0 Å². The number of anilines is 2. The number of carbonyl (C=O) groups excluding carboxylic acids is 2. The van der Waals surface area contributed by atoms with Crippen molar-refractivity contribution in [3.63, 3.8) is 0 Å². The Morgan fingerprint density at radius 2 is 1.81 bits per heavy atom. The van der Waals surface area contributed by atoms with Crippen molar-refractivity contribution >= 4 is 23.2 Å². The Morgan fingerprint density at radius 1 is 1.08 bits per heavy atom. The predicted octanol–water partition coefficient (Wildman–Crippen LogP) is 1.18. The van der Waals surface area contributed by atoms with Gasteiger partial charge in [-0.2, -0.15) is 0 Å². The van der Waals surface area contributed by atoms with E-state index in [4.69, 9.17) is 0 Å². The number of piperazine rings is 1. The molecule has 1 aromatic carbocycles. The zero-order valence-electron chi connectivity index (χ0n) is 15.3. The molecule has 2 aliphatic heterocycles. The van der Waals surface area contributed by atoms with Gasteiger partial charge in [-0.1, -0.05) is 12.1 Å². The highest BCUT2D eigenvalue weighted by Gasteiger charge is 2.45. The van der Waals surface area contributed by atoms with E-state index in [0.717, 1.165) is 23.6 Å². The van der Waals surface area contributed by atoms with Gasteiger partial charge in [-0.3, -0.25) is 24.2 Å². The molecule has 0 spiro atoms. The monoisotopic (exact) mass is 353 g/mol. The van der Waals surface area contributed by atoms with Gasteiger partial charge in [0.1, 0.15) is 6.54 Å². The molecule has 1 atom stereocenters. The van der Waals surface area contributed by atoms with Crippen LogP contribution in [0.1, 0.15) is 11.7 Å². The summed E-state index contributed by atoms with van der Waals surface area (Å²) in [6, 6.07) is 10.9. The van der Waals surface area contributed by atoms with Crippen LogP contribution in [0.3, 0.4) is 0 Å². The minimum Gasteiger partial charge on any atom is -0.330 e. The van der Waals surface area contributed by atoms with Crippen LogP contribution in [-0.4, -0.2) is 67.1 Å². The van der Waals surface area contributed by atoms with Gasteiger partial charge < -0.3 is 9.80 Å². The first-order valence-electron chi connectivity index (χ1n) is 8.75. The fourth-order valence-electron chi connectivity index (χ4n) is 3.72. The van der Waals surface area contributed by atoms with Gasteiger partial charge in [-0.25, -0.2) is 0 Å². The maximum absolute atomic E-state index is 13.3. The molecular formula is C19H23N5O2. The Hall–Kier alpha value is -2.80. The van der Waals surface area contributed by atoms with E-state index in [1.807, 2.05) is 78.3 Å². The lowest BCUT2D eigenvalue weighted by atomic mass is 10.1. The van der Waals surface area contributed by atoms with Gasteiger partial charge in [-0.05, 0) is 38.4 Å². The van der Waals surface area contributed by atoms with Crippen LogP contribution in [0.2, 0.25) is 0 Å². The maximum atomic E-state index is 13.3. The van der Waals surface area contributed by atoms with E-state index in [9.17, 15) is 9.59 Å². The number of likely N-dealkylation sites (N-methyl/N-ethyl adjacent to an activating group) is 1. The standard InChI is InChI=1S/C19H23N5O2/c1-20(2)11-12-22-13-17(25)24-15-8-5-4-7-14(15)21(3)23-10-6-9-16(23)18(24)19(22)26/h4-10,18H,11-13H2,1-3H3. The molecule has 0 saturated carbocycles. The zero-order valence-corrected chi connectivity index (χ0v) is 15.3. The van der Waals surface area contributed by atoms with Crippen LogP contribution in [0.4, 0.5) is 11.4 Å².